The minimum atomic E-state index is -0.0141. The van der Waals surface area contributed by atoms with Gasteiger partial charge < -0.3 is 14.7 Å². The molecule has 4 heteroatoms. The Kier molecular flexibility index (Phi) is 9.78. The monoisotopic (exact) mass is 227 g/mol. The third-order valence-corrected chi connectivity index (χ3v) is 2.25. The van der Waals surface area contributed by atoms with Crippen molar-refractivity contribution in [3.05, 3.63) is 0 Å². The molecule has 0 aliphatic heterocycles. The van der Waals surface area contributed by atoms with Crippen LogP contribution < -0.4 is 0 Å². The van der Waals surface area contributed by atoms with Gasteiger partial charge in [-0.25, -0.2) is 0 Å². The van der Waals surface area contributed by atoms with Crippen molar-refractivity contribution >= 4 is 5.91 Å². The second kappa shape index (κ2) is 10.5. The third-order valence-electron chi connectivity index (χ3n) is 2.25. The van der Waals surface area contributed by atoms with Gasteiger partial charge in [0.1, 0.15) is 0 Å². The summed E-state index contributed by atoms with van der Waals surface area (Å²) >= 11 is 0. The van der Waals surface area contributed by atoms with E-state index in [9.17, 15) is 4.79 Å². The van der Waals surface area contributed by atoms with Crippen LogP contribution in [0, 0.1) is 12.3 Å². The SMILES string of the molecule is C#CCCCCC(=O)N(CCO)CCOC. The fraction of sp³-hybridized carbons (Fsp3) is 0.750. The molecule has 0 aromatic rings. The molecule has 0 bridgehead atoms. The Balaban J connectivity index is 3.82. The largest absolute Gasteiger partial charge is 0.395 e. The molecule has 4 nitrogen and oxygen atoms in total. The fourth-order valence-corrected chi connectivity index (χ4v) is 1.34. The summed E-state index contributed by atoms with van der Waals surface area (Å²) in [5, 5.41) is 8.83. The average molecular weight is 227 g/mol. The van der Waals surface area contributed by atoms with Crippen molar-refractivity contribution in [2.45, 2.75) is 25.7 Å². The number of aliphatic hydroxyl groups is 1. The molecule has 0 aromatic carbocycles. The van der Waals surface area contributed by atoms with Crippen LogP contribution in [0.3, 0.4) is 0 Å². The van der Waals surface area contributed by atoms with E-state index in [2.05, 4.69) is 5.92 Å². The highest BCUT2D eigenvalue weighted by atomic mass is 16.5. The van der Waals surface area contributed by atoms with E-state index in [1.165, 1.54) is 0 Å². The van der Waals surface area contributed by atoms with E-state index >= 15 is 0 Å². The molecule has 0 saturated heterocycles. The number of carbonyl (C=O) groups excluding carboxylic acids is 1. The Bertz CT molecular complexity index is 223. The lowest BCUT2D eigenvalue weighted by molar-refractivity contribution is -0.132. The minimum Gasteiger partial charge on any atom is -0.395 e. The van der Waals surface area contributed by atoms with Crippen LogP contribution in [0.1, 0.15) is 25.7 Å². The number of terminal acetylenes is 1. The number of nitrogens with zero attached hydrogens (tertiary/aromatic N) is 1. The Labute approximate surface area is 97.6 Å². The Morgan fingerprint density at radius 1 is 1.44 bits per heavy atom. The molecular weight excluding hydrogens is 206 g/mol. The van der Waals surface area contributed by atoms with Crippen LogP contribution in [0.15, 0.2) is 0 Å². The second-order valence-corrected chi connectivity index (χ2v) is 3.51. The maximum atomic E-state index is 11.7. The first-order chi connectivity index (χ1) is 7.76. The summed E-state index contributed by atoms with van der Waals surface area (Å²) in [6.45, 7) is 1.39. The summed E-state index contributed by atoms with van der Waals surface area (Å²) in [5.41, 5.74) is 0. The van der Waals surface area contributed by atoms with Gasteiger partial charge in [0.15, 0.2) is 0 Å². The molecule has 0 rings (SSSR count). The van der Waals surface area contributed by atoms with Gasteiger partial charge >= 0.3 is 0 Å². The van der Waals surface area contributed by atoms with Gasteiger partial charge in [0.2, 0.25) is 5.91 Å². The number of aliphatic hydroxyl groups excluding tert-OH is 1. The second-order valence-electron chi connectivity index (χ2n) is 3.51. The van der Waals surface area contributed by atoms with Crippen molar-refractivity contribution in [2.24, 2.45) is 0 Å². The summed E-state index contributed by atoms with van der Waals surface area (Å²) < 4.78 is 4.91. The zero-order valence-electron chi connectivity index (χ0n) is 9.95. The third kappa shape index (κ3) is 7.27. The number of unbranched alkanes of at least 4 members (excludes halogenated alkanes) is 2. The topological polar surface area (TPSA) is 49.8 Å². The van der Waals surface area contributed by atoms with Gasteiger partial charge in [0.05, 0.1) is 13.2 Å². The normalized spacial score (nSPS) is 9.81. The molecule has 16 heavy (non-hydrogen) atoms. The molecule has 0 aliphatic carbocycles. The molecule has 0 atom stereocenters. The van der Waals surface area contributed by atoms with Crippen LogP contribution in [0.25, 0.3) is 0 Å². The number of ether oxygens (including phenoxy) is 1. The molecule has 1 N–H and O–H groups in total. The van der Waals surface area contributed by atoms with E-state index in [1.807, 2.05) is 0 Å². The minimum absolute atomic E-state index is 0.0141. The smallest absolute Gasteiger partial charge is 0.222 e. The Morgan fingerprint density at radius 3 is 2.75 bits per heavy atom. The van der Waals surface area contributed by atoms with E-state index in [-0.39, 0.29) is 12.5 Å². The van der Waals surface area contributed by atoms with Crippen LogP contribution in [0.5, 0.6) is 0 Å². The summed E-state index contributed by atoms with van der Waals surface area (Å²) in [6, 6.07) is 0. The maximum absolute atomic E-state index is 11.7. The summed E-state index contributed by atoms with van der Waals surface area (Å²) in [5.74, 6) is 2.60. The van der Waals surface area contributed by atoms with Crippen LogP contribution in [0.4, 0.5) is 0 Å². The molecule has 0 aromatic heterocycles. The van der Waals surface area contributed by atoms with E-state index < -0.39 is 0 Å². The molecule has 0 unspecified atom stereocenters. The maximum Gasteiger partial charge on any atom is 0.222 e. The molecule has 1 amide bonds. The van der Waals surface area contributed by atoms with Gasteiger partial charge in [-0.1, -0.05) is 0 Å². The number of carbonyl (C=O) groups is 1. The van der Waals surface area contributed by atoms with E-state index in [1.54, 1.807) is 12.0 Å². The lowest BCUT2D eigenvalue weighted by Crippen LogP contribution is -2.36. The van der Waals surface area contributed by atoms with Crippen molar-refractivity contribution in [3.8, 4) is 12.3 Å². The van der Waals surface area contributed by atoms with Crippen molar-refractivity contribution in [1.82, 2.24) is 4.90 Å². The first kappa shape index (κ1) is 14.9. The van der Waals surface area contributed by atoms with Crippen LogP contribution in [-0.2, 0) is 9.53 Å². The molecular formula is C12H21NO3. The highest BCUT2D eigenvalue weighted by molar-refractivity contribution is 5.76. The van der Waals surface area contributed by atoms with Crippen LogP contribution >= 0.6 is 0 Å². The number of hydrogen-bond acceptors (Lipinski definition) is 3. The summed E-state index contributed by atoms with van der Waals surface area (Å²) in [7, 11) is 1.59. The zero-order chi connectivity index (χ0) is 12.2. The lowest BCUT2D eigenvalue weighted by atomic mass is 10.2. The molecule has 0 spiro atoms. The Hall–Kier alpha value is -1.05. The van der Waals surface area contributed by atoms with E-state index in [0.717, 1.165) is 12.8 Å². The highest BCUT2D eigenvalue weighted by Gasteiger charge is 2.11. The molecule has 0 saturated carbocycles. The van der Waals surface area contributed by atoms with Gasteiger partial charge in [0, 0.05) is 33.0 Å². The van der Waals surface area contributed by atoms with Gasteiger partial charge in [-0.15, -0.1) is 12.3 Å². The lowest BCUT2D eigenvalue weighted by Gasteiger charge is -2.21. The van der Waals surface area contributed by atoms with Crippen LogP contribution in [0.2, 0.25) is 0 Å². The number of hydrogen-bond donors (Lipinski definition) is 1. The van der Waals surface area contributed by atoms with Gasteiger partial charge in [-0.05, 0) is 12.8 Å². The van der Waals surface area contributed by atoms with Crippen LogP contribution in [-0.4, -0.2) is 49.3 Å². The molecule has 0 radical (unpaired) electrons. The average Bonchev–Trinajstić information content (AvgIpc) is 2.29. The van der Waals surface area contributed by atoms with Gasteiger partial charge in [-0.2, -0.15) is 0 Å². The molecule has 0 aliphatic rings. The van der Waals surface area contributed by atoms with Gasteiger partial charge in [0.25, 0.3) is 0 Å². The fourth-order valence-electron chi connectivity index (χ4n) is 1.34. The number of methoxy groups -OCH3 is 1. The predicted octanol–water partition coefficient (Wildman–Crippen LogP) is 0.647. The first-order valence-electron chi connectivity index (χ1n) is 5.57. The standard InChI is InChI=1S/C12H21NO3/c1-3-4-5-6-7-12(15)13(8-10-14)9-11-16-2/h1,14H,4-11H2,2H3. The van der Waals surface area contributed by atoms with Crippen molar-refractivity contribution in [1.29, 1.82) is 0 Å². The zero-order valence-corrected chi connectivity index (χ0v) is 9.95. The van der Waals surface area contributed by atoms with Crippen molar-refractivity contribution in [3.63, 3.8) is 0 Å². The molecule has 0 fully saturated rings. The van der Waals surface area contributed by atoms with E-state index in [0.29, 0.717) is 32.5 Å². The van der Waals surface area contributed by atoms with Gasteiger partial charge in [-0.3, -0.25) is 4.79 Å². The number of amides is 1. The Morgan fingerprint density at radius 2 is 2.19 bits per heavy atom. The summed E-state index contributed by atoms with van der Waals surface area (Å²) in [6.07, 6.45) is 8.01. The van der Waals surface area contributed by atoms with Crippen molar-refractivity contribution in [2.75, 3.05) is 33.4 Å². The van der Waals surface area contributed by atoms with E-state index in [4.69, 9.17) is 16.3 Å². The molecule has 92 valence electrons. The highest BCUT2D eigenvalue weighted by Crippen LogP contribution is 2.03. The molecule has 0 heterocycles. The summed E-state index contributed by atoms with van der Waals surface area (Å²) in [4.78, 5) is 13.3. The first-order valence-corrected chi connectivity index (χ1v) is 5.57. The number of rotatable bonds is 9. The predicted molar refractivity (Wildman–Crippen MR) is 62.8 cm³/mol. The van der Waals surface area contributed by atoms with Crippen molar-refractivity contribution < 1.29 is 14.6 Å². The quantitative estimate of drug-likeness (QED) is 0.465.